The molecule has 0 radical (unpaired) electrons. The van der Waals surface area contributed by atoms with E-state index in [1.165, 1.54) is 11.3 Å². The van der Waals surface area contributed by atoms with Crippen LogP contribution < -0.4 is 9.64 Å². The highest BCUT2D eigenvalue weighted by Crippen LogP contribution is 2.33. The number of fused-ring (bicyclic) bond motifs is 1. The minimum atomic E-state index is -0.219. The minimum Gasteiger partial charge on any atom is -0.497 e. The summed E-state index contributed by atoms with van der Waals surface area (Å²) < 4.78 is 12.0. The number of methoxy groups -OCH3 is 1. The number of thiazole rings is 1. The third-order valence-electron chi connectivity index (χ3n) is 4.63. The van der Waals surface area contributed by atoms with Gasteiger partial charge in [-0.2, -0.15) is 0 Å². The van der Waals surface area contributed by atoms with Crippen LogP contribution in [0.2, 0.25) is 10.0 Å². The Hall–Kier alpha value is -1.86. The van der Waals surface area contributed by atoms with Gasteiger partial charge in [-0.25, -0.2) is 4.98 Å². The number of hydrogen-bond acceptors (Lipinski definition) is 5. The third-order valence-corrected chi connectivity index (χ3v) is 6.24. The Kier molecular flexibility index (Phi) is 5.73. The molecule has 1 fully saturated rings. The van der Waals surface area contributed by atoms with Gasteiger partial charge in [-0.1, -0.05) is 34.5 Å². The van der Waals surface area contributed by atoms with Crippen LogP contribution in [0.25, 0.3) is 10.2 Å². The molecule has 0 saturated carbocycles. The van der Waals surface area contributed by atoms with Crippen molar-refractivity contribution in [2.45, 2.75) is 18.9 Å². The molecule has 1 aliphatic rings. The Morgan fingerprint density at radius 2 is 2.18 bits per heavy atom. The Morgan fingerprint density at radius 3 is 2.89 bits per heavy atom. The number of benzene rings is 2. The summed E-state index contributed by atoms with van der Waals surface area (Å²) >= 11 is 13.7. The number of anilines is 1. The van der Waals surface area contributed by atoms with Gasteiger partial charge in [0.25, 0.3) is 5.91 Å². The predicted octanol–water partition coefficient (Wildman–Crippen LogP) is 5.44. The molecule has 0 spiro atoms. The van der Waals surface area contributed by atoms with Crippen LogP contribution in [0.1, 0.15) is 23.2 Å². The smallest absolute Gasteiger partial charge is 0.261 e. The Bertz CT molecular complexity index is 1020. The van der Waals surface area contributed by atoms with Crippen molar-refractivity contribution >= 4 is 55.8 Å². The predicted molar refractivity (Wildman–Crippen MR) is 113 cm³/mol. The summed E-state index contributed by atoms with van der Waals surface area (Å²) in [5.74, 6) is 0.505. The standard InChI is InChI=1S/C20H18Cl2N2O3S/c1-26-13-5-7-18-17(10-13)23-20(28-18)24(11-14-3-2-8-27-14)19(25)15-6-4-12(21)9-16(15)22/h4-7,9-10,14H,2-3,8,11H2,1H3. The van der Waals surface area contributed by atoms with Crippen LogP contribution in [0.5, 0.6) is 5.75 Å². The van der Waals surface area contributed by atoms with Crippen LogP contribution in [0.3, 0.4) is 0 Å². The van der Waals surface area contributed by atoms with E-state index in [-0.39, 0.29) is 12.0 Å². The summed E-state index contributed by atoms with van der Waals surface area (Å²) in [5, 5.41) is 1.41. The van der Waals surface area contributed by atoms with Crippen molar-refractivity contribution in [2.75, 3.05) is 25.2 Å². The van der Waals surface area contributed by atoms with E-state index in [2.05, 4.69) is 4.98 Å². The lowest BCUT2D eigenvalue weighted by Gasteiger charge is -2.23. The van der Waals surface area contributed by atoms with E-state index in [4.69, 9.17) is 32.7 Å². The maximum Gasteiger partial charge on any atom is 0.261 e. The number of ether oxygens (including phenoxy) is 2. The molecule has 1 unspecified atom stereocenters. The van der Waals surface area contributed by atoms with Gasteiger partial charge in [0.15, 0.2) is 5.13 Å². The zero-order valence-electron chi connectivity index (χ0n) is 15.2. The fourth-order valence-electron chi connectivity index (χ4n) is 3.19. The minimum absolute atomic E-state index is 0.0171. The average molecular weight is 437 g/mol. The number of aromatic nitrogens is 1. The molecule has 1 amide bonds. The lowest BCUT2D eigenvalue weighted by Crippen LogP contribution is -2.37. The van der Waals surface area contributed by atoms with Crippen molar-refractivity contribution in [2.24, 2.45) is 0 Å². The number of amides is 1. The number of nitrogens with zero attached hydrogens (tertiary/aromatic N) is 2. The molecule has 2 aromatic carbocycles. The third kappa shape index (κ3) is 3.96. The second-order valence-corrected chi connectivity index (χ2v) is 8.36. The highest BCUT2D eigenvalue weighted by molar-refractivity contribution is 7.22. The van der Waals surface area contributed by atoms with Gasteiger partial charge in [-0.05, 0) is 43.2 Å². The molecule has 4 rings (SSSR count). The number of hydrogen-bond donors (Lipinski definition) is 0. The van der Waals surface area contributed by atoms with E-state index in [1.54, 1.807) is 30.2 Å². The van der Waals surface area contributed by atoms with Gasteiger partial charge in [-0.15, -0.1) is 0 Å². The normalized spacial score (nSPS) is 16.5. The first kappa shape index (κ1) is 19.5. The van der Waals surface area contributed by atoms with E-state index >= 15 is 0 Å². The first-order chi connectivity index (χ1) is 13.5. The summed E-state index contributed by atoms with van der Waals surface area (Å²) in [6.45, 7) is 1.14. The second-order valence-electron chi connectivity index (χ2n) is 6.51. The van der Waals surface area contributed by atoms with E-state index in [9.17, 15) is 4.79 Å². The summed E-state index contributed by atoms with van der Waals surface area (Å²) in [6, 6.07) is 10.6. The average Bonchev–Trinajstić information content (AvgIpc) is 3.34. The highest BCUT2D eigenvalue weighted by atomic mass is 35.5. The first-order valence-corrected chi connectivity index (χ1v) is 10.5. The number of halogens is 2. The van der Waals surface area contributed by atoms with Crippen molar-refractivity contribution in [3.8, 4) is 5.75 Å². The van der Waals surface area contributed by atoms with Crippen molar-refractivity contribution in [1.82, 2.24) is 4.98 Å². The molecule has 8 heteroatoms. The monoisotopic (exact) mass is 436 g/mol. The first-order valence-electron chi connectivity index (χ1n) is 8.88. The molecule has 146 valence electrons. The van der Waals surface area contributed by atoms with Gasteiger partial charge in [0.1, 0.15) is 5.75 Å². The van der Waals surface area contributed by atoms with Gasteiger partial charge in [0, 0.05) is 17.7 Å². The van der Waals surface area contributed by atoms with Crippen LogP contribution in [0.15, 0.2) is 36.4 Å². The Balaban J connectivity index is 1.73. The number of carbonyl (C=O) groups is 1. The molecule has 0 aliphatic carbocycles. The lowest BCUT2D eigenvalue weighted by atomic mass is 10.1. The molecule has 1 atom stereocenters. The van der Waals surface area contributed by atoms with E-state index in [0.717, 1.165) is 28.8 Å². The summed E-state index contributed by atoms with van der Waals surface area (Å²) in [6.07, 6.45) is 1.89. The van der Waals surface area contributed by atoms with Crippen LogP contribution in [-0.4, -0.2) is 37.3 Å². The van der Waals surface area contributed by atoms with E-state index in [1.807, 2.05) is 18.2 Å². The van der Waals surface area contributed by atoms with Gasteiger partial charge in [-0.3, -0.25) is 9.69 Å². The fourth-order valence-corrected chi connectivity index (χ4v) is 4.63. The zero-order chi connectivity index (χ0) is 19.7. The largest absolute Gasteiger partial charge is 0.497 e. The molecule has 1 saturated heterocycles. The molecular weight excluding hydrogens is 419 g/mol. The molecule has 1 aromatic heterocycles. The second kappa shape index (κ2) is 8.25. The van der Waals surface area contributed by atoms with Crippen LogP contribution in [-0.2, 0) is 4.74 Å². The van der Waals surface area contributed by atoms with Gasteiger partial charge < -0.3 is 9.47 Å². The molecule has 3 aromatic rings. The zero-order valence-corrected chi connectivity index (χ0v) is 17.5. The van der Waals surface area contributed by atoms with E-state index < -0.39 is 0 Å². The maximum absolute atomic E-state index is 13.3. The summed E-state index contributed by atoms with van der Waals surface area (Å²) in [4.78, 5) is 19.7. The lowest BCUT2D eigenvalue weighted by molar-refractivity contribution is 0.0917. The highest BCUT2D eigenvalue weighted by Gasteiger charge is 2.28. The Morgan fingerprint density at radius 1 is 1.32 bits per heavy atom. The SMILES string of the molecule is COc1ccc2sc(N(CC3CCCO3)C(=O)c3ccc(Cl)cc3Cl)nc2c1. The fraction of sp³-hybridized carbons (Fsp3) is 0.300. The number of carbonyl (C=O) groups excluding carboxylic acids is 1. The summed E-state index contributed by atoms with van der Waals surface area (Å²) in [5.41, 5.74) is 1.17. The van der Waals surface area contributed by atoms with Crippen molar-refractivity contribution in [3.63, 3.8) is 0 Å². The number of rotatable bonds is 5. The molecule has 28 heavy (non-hydrogen) atoms. The topological polar surface area (TPSA) is 51.7 Å². The van der Waals surface area contributed by atoms with Crippen molar-refractivity contribution in [1.29, 1.82) is 0 Å². The molecular formula is C20H18Cl2N2O3S. The molecule has 5 nitrogen and oxygen atoms in total. The van der Waals surface area contributed by atoms with Gasteiger partial charge >= 0.3 is 0 Å². The molecule has 0 bridgehead atoms. The van der Waals surface area contributed by atoms with Gasteiger partial charge in [0.2, 0.25) is 0 Å². The van der Waals surface area contributed by atoms with Crippen molar-refractivity contribution in [3.05, 3.63) is 52.0 Å². The summed E-state index contributed by atoms with van der Waals surface area (Å²) in [7, 11) is 1.62. The van der Waals surface area contributed by atoms with E-state index in [0.29, 0.717) is 33.9 Å². The molecule has 0 N–H and O–H groups in total. The van der Waals surface area contributed by atoms with Crippen molar-refractivity contribution < 1.29 is 14.3 Å². The molecule has 1 aliphatic heterocycles. The maximum atomic E-state index is 13.3. The molecule has 2 heterocycles. The van der Waals surface area contributed by atoms with Gasteiger partial charge in [0.05, 0.1) is 40.6 Å². The van der Waals surface area contributed by atoms with Crippen LogP contribution in [0.4, 0.5) is 5.13 Å². The van der Waals surface area contributed by atoms with Crippen LogP contribution in [0, 0.1) is 0 Å². The van der Waals surface area contributed by atoms with Crippen LogP contribution >= 0.6 is 34.5 Å². The Labute approximate surface area is 176 Å². The quantitative estimate of drug-likeness (QED) is 0.534.